The fourth-order valence-corrected chi connectivity index (χ4v) is 1.56. The van der Waals surface area contributed by atoms with E-state index in [1.165, 1.54) is 24.5 Å². The number of benzene rings is 1. The van der Waals surface area contributed by atoms with Gasteiger partial charge in [-0.3, -0.25) is 4.79 Å². The first-order valence-corrected chi connectivity index (χ1v) is 5.26. The number of hydrogen-bond donors (Lipinski definition) is 1. The van der Waals surface area contributed by atoms with E-state index in [1.807, 2.05) is 0 Å². The Balaban J connectivity index is 2.22. The minimum Gasteiger partial charge on any atom is -0.469 e. The van der Waals surface area contributed by atoms with Gasteiger partial charge in [-0.25, -0.2) is 4.39 Å². The van der Waals surface area contributed by atoms with Crippen LogP contribution in [-0.2, 0) is 0 Å². The number of hydrogen-bond acceptors (Lipinski definition) is 2. The maximum atomic E-state index is 13.4. The van der Waals surface area contributed by atoms with E-state index in [4.69, 9.17) is 16.0 Å². The van der Waals surface area contributed by atoms with Gasteiger partial charge in [-0.15, -0.1) is 0 Å². The zero-order chi connectivity index (χ0) is 12.4. The Kier molecular flexibility index (Phi) is 3.15. The van der Waals surface area contributed by atoms with Crippen LogP contribution < -0.4 is 5.32 Å². The lowest BCUT2D eigenvalue weighted by Crippen LogP contribution is -2.13. The number of furan rings is 1. The summed E-state index contributed by atoms with van der Waals surface area (Å²) in [6.07, 6.45) is 1.41. The lowest BCUT2D eigenvalue weighted by Gasteiger charge is -2.05. The summed E-state index contributed by atoms with van der Waals surface area (Å²) in [5, 5.41) is 2.73. The van der Waals surface area contributed by atoms with Gasteiger partial charge in [-0.2, -0.15) is 0 Å². The number of carbonyl (C=O) groups is 1. The smallest absolute Gasteiger partial charge is 0.259 e. The Morgan fingerprint density at radius 2 is 2.18 bits per heavy atom. The molecule has 1 amide bonds. The average Bonchev–Trinajstić information content (AvgIpc) is 2.68. The molecule has 0 radical (unpaired) electrons. The van der Waals surface area contributed by atoms with Gasteiger partial charge in [0.2, 0.25) is 0 Å². The molecule has 88 valence electrons. The first-order valence-electron chi connectivity index (χ1n) is 4.88. The van der Waals surface area contributed by atoms with Gasteiger partial charge >= 0.3 is 0 Å². The van der Waals surface area contributed by atoms with Crippen molar-refractivity contribution in [2.45, 2.75) is 6.92 Å². The van der Waals surface area contributed by atoms with Gasteiger partial charge in [-0.05, 0) is 31.2 Å². The molecule has 2 aromatic rings. The molecular weight excluding hydrogens is 245 g/mol. The van der Waals surface area contributed by atoms with Gasteiger partial charge in [-0.1, -0.05) is 11.6 Å². The van der Waals surface area contributed by atoms with Crippen LogP contribution in [0.4, 0.5) is 10.1 Å². The lowest BCUT2D eigenvalue weighted by atomic mass is 10.2. The fourth-order valence-electron chi connectivity index (χ4n) is 1.40. The molecule has 0 spiro atoms. The van der Waals surface area contributed by atoms with Gasteiger partial charge in [0.1, 0.15) is 11.6 Å². The second-order valence-corrected chi connectivity index (χ2v) is 3.91. The Bertz CT molecular complexity index is 565. The van der Waals surface area contributed by atoms with Gasteiger partial charge < -0.3 is 9.73 Å². The molecular formula is C12H9ClFNO2. The van der Waals surface area contributed by atoms with Crippen molar-refractivity contribution in [2.75, 3.05) is 5.32 Å². The predicted molar refractivity (Wildman–Crippen MR) is 62.8 cm³/mol. The Morgan fingerprint density at radius 1 is 1.41 bits per heavy atom. The van der Waals surface area contributed by atoms with E-state index in [1.54, 1.807) is 6.92 Å². The molecule has 1 heterocycles. The quantitative estimate of drug-likeness (QED) is 0.888. The summed E-state index contributed by atoms with van der Waals surface area (Å²) >= 11 is 5.61. The van der Waals surface area contributed by atoms with Crippen molar-refractivity contribution in [1.29, 1.82) is 0 Å². The van der Waals surface area contributed by atoms with Crippen molar-refractivity contribution in [3.05, 3.63) is 52.7 Å². The maximum Gasteiger partial charge on any atom is 0.259 e. The molecule has 0 atom stereocenters. The fraction of sp³-hybridized carbons (Fsp3) is 0.0833. The molecule has 0 aliphatic heterocycles. The largest absolute Gasteiger partial charge is 0.469 e. The summed E-state index contributed by atoms with van der Waals surface area (Å²) in [6, 6.07) is 5.57. The van der Waals surface area contributed by atoms with E-state index < -0.39 is 11.7 Å². The monoisotopic (exact) mass is 253 g/mol. The van der Waals surface area contributed by atoms with Gasteiger partial charge in [0.25, 0.3) is 5.91 Å². The van der Waals surface area contributed by atoms with Gasteiger partial charge in [0.15, 0.2) is 0 Å². The number of aryl methyl sites for hydroxylation is 1. The molecule has 1 N–H and O–H groups in total. The molecule has 17 heavy (non-hydrogen) atoms. The normalized spacial score (nSPS) is 10.3. The van der Waals surface area contributed by atoms with Gasteiger partial charge in [0.05, 0.1) is 17.5 Å². The Hall–Kier alpha value is -1.81. The first-order chi connectivity index (χ1) is 8.08. The zero-order valence-corrected chi connectivity index (χ0v) is 9.72. The molecule has 0 fully saturated rings. The van der Waals surface area contributed by atoms with E-state index in [0.717, 1.165) is 6.07 Å². The van der Waals surface area contributed by atoms with Crippen LogP contribution in [0.2, 0.25) is 5.02 Å². The molecule has 1 aromatic heterocycles. The second-order valence-electron chi connectivity index (χ2n) is 3.47. The summed E-state index contributed by atoms with van der Waals surface area (Å²) in [5.41, 5.74) is 0.458. The summed E-state index contributed by atoms with van der Waals surface area (Å²) in [4.78, 5) is 11.8. The number of amides is 1. The number of rotatable bonds is 2. The van der Waals surface area contributed by atoms with E-state index in [-0.39, 0.29) is 10.7 Å². The number of nitrogens with one attached hydrogen (secondary N) is 1. The van der Waals surface area contributed by atoms with Crippen molar-refractivity contribution in [3.8, 4) is 0 Å². The van der Waals surface area contributed by atoms with Crippen molar-refractivity contribution in [3.63, 3.8) is 0 Å². The Morgan fingerprint density at radius 3 is 2.76 bits per heavy atom. The Labute approximate surface area is 102 Å². The minimum absolute atomic E-state index is 0.0833. The maximum absolute atomic E-state index is 13.4. The summed E-state index contributed by atoms with van der Waals surface area (Å²) in [6.45, 7) is 1.66. The molecule has 0 aliphatic rings. The third-order valence-electron chi connectivity index (χ3n) is 2.28. The molecule has 0 bridgehead atoms. The third-order valence-corrected chi connectivity index (χ3v) is 2.52. The number of halogens is 2. The highest BCUT2D eigenvalue weighted by molar-refractivity contribution is 6.30. The van der Waals surface area contributed by atoms with Gasteiger partial charge in [0, 0.05) is 5.02 Å². The van der Waals surface area contributed by atoms with E-state index in [2.05, 4.69) is 5.32 Å². The molecule has 0 saturated heterocycles. The number of anilines is 1. The van der Waals surface area contributed by atoms with Crippen LogP contribution in [0.1, 0.15) is 16.1 Å². The summed E-state index contributed by atoms with van der Waals surface area (Å²) in [7, 11) is 0. The zero-order valence-electron chi connectivity index (χ0n) is 8.96. The highest BCUT2D eigenvalue weighted by Gasteiger charge is 2.13. The van der Waals surface area contributed by atoms with Crippen LogP contribution >= 0.6 is 11.6 Å². The highest BCUT2D eigenvalue weighted by Crippen LogP contribution is 2.20. The summed E-state index contributed by atoms with van der Waals surface area (Å²) in [5.74, 6) is -0.513. The van der Waals surface area contributed by atoms with E-state index >= 15 is 0 Å². The average molecular weight is 254 g/mol. The van der Waals surface area contributed by atoms with Crippen molar-refractivity contribution in [1.82, 2.24) is 0 Å². The minimum atomic E-state index is -0.577. The molecule has 5 heteroatoms. The standard InChI is InChI=1S/C12H9ClFNO2/c1-7-9(4-5-17-7)12(16)15-11-3-2-8(13)6-10(11)14/h2-6H,1H3,(H,15,16). The van der Waals surface area contributed by atoms with Crippen LogP contribution in [0.3, 0.4) is 0 Å². The molecule has 0 unspecified atom stereocenters. The van der Waals surface area contributed by atoms with Crippen molar-refractivity contribution in [2.24, 2.45) is 0 Å². The van der Waals surface area contributed by atoms with E-state index in [9.17, 15) is 9.18 Å². The van der Waals surface area contributed by atoms with Crippen LogP contribution in [-0.4, -0.2) is 5.91 Å². The third kappa shape index (κ3) is 2.47. The summed E-state index contributed by atoms with van der Waals surface area (Å²) < 4.78 is 18.4. The van der Waals surface area contributed by atoms with Crippen LogP contribution in [0, 0.1) is 12.7 Å². The molecule has 3 nitrogen and oxygen atoms in total. The lowest BCUT2D eigenvalue weighted by molar-refractivity contribution is 0.102. The van der Waals surface area contributed by atoms with Crippen molar-refractivity contribution < 1.29 is 13.6 Å². The molecule has 0 saturated carbocycles. The SMILES string of the molecule is Cc1occc1C(=O)Nc1ccc(Cl)cc1F. The van der Waals surface area contributed by atoms with E-state index in [0.29, 0.717) is 11.3 Å². The van der Waals surface area contributed by atoms with Crippen LogP contribution in [0.15, 0.2) is 34.9 Å². The topological polar surface area (TPSA) is 42.2 Å². The first kappa shape index (κ1) is 11.7. The van der Waals surface area contributed by atoms with Crippen molar-refractivity contribution >= 4 is 23.2 Å². The highest BCUT2D eigenvalue weighted by atomic mass is 35.5. The molecule has 0 aliphatic carbocycles. The predicted octanol–water partition coefficient (Wildman–Crippen LogP) is 3.63. The molecule has 1 aromatic carbocycles. The second kappa shape index (κ2) is 4.59. The van der Waals surface area contributed by atoms with Crippen LogP contribution in [0.25, 0.3) is 0 Å². The molecule has 2 rings (SSSR count). The van der Waals surface area contributed by atoms with Crippen LogP contribution in [0.5, 0.6) is 0 Å². The number of carbonyl (C=O) groups excluding carboxylic acids is 1.